The van der Waals surface area contributed by atoms with E-state index in [4.69, 9.17) is 9.47 Å². The van der Waals surface area contributed by atoms with Crippen molar-refractivity contribution in [3.8, 4) is 11.5 Å². The Bertz CT molecular complexity index is 1020. The Hall–Kier alpha value is -2.58. The summed E-state index contributed by atoms with van der Waals surface area (Å²) < 4.78 is 37.0. The SMILES string of the molecule is COc1ccc2c(c1)[C@@H](NC(=O)[C@H](c1ccccc1)N(C)S(C)(=O)=O)CC(C)(C)O2. The third-order valence-electron chi connectivity index (χ3n) is 5.24. The fourth-order valence-corrected chi connectivity index (χ4v) is 4.29. The van der Waals surface area contributed by atoms with Gasteiger partial charge in [-0.25, -0.2) is 8.42 Å². The number of benzene rings is 2. The van der Waals surface area contributed by atoms with Gasteiger partial charge < -0.3 is 14.8 Å². The van der Waals surface area contributed by atoms with Gasteiger partial charge in [0.15, 0.2) is 0 Å². The summed E-state index contributed by atoms with van der Waals surface area (Å²) in [6, 6.07) is 13.0. The summed E-state index contributed by atoms with van der Waals surface area (Å²) in [6.45, 7) is 3.91. The Kier molecular flexibility index (Phi) is 6.10. The molecule has 0 saturated heterocycles. The molecule has 2 atom stereocenters. The summed E-state index contributed by atoms with van der Waals surface area (Å²) in [7, 11) is -0.609. The number of nitrogens with one attached hydrogen (secondary N) is 1. The molecule has 0 radical (unpaired) electrons. The van der Waals surface area contributed by atoms with Crippen LogP contribution < -0.4 is 14.8 Å². The highest BCUT2D eigenvalue weighted by molar-refractivity contribution is 7.88. The topological polar surface area (TPSA) is 84.9 Å². The van der Waals surface area contributed by atoms with Crippen LogP contribution in [0.2, 0.25) is 0 Å². The summed E-state index contributed by atoms with van der Waals surface area (Å²) in [6.07, 6.45) is 1.62. The average Bonchev–Trinajstić information content (AvgIpc) is 2.67. The number of hydrogen-bond donors (Lipinski definition) is 1. The molecule has 0 unspecified atom stereocenters. The van der Waals surface area contributed by atoms with Crippen LogP contribution in [0, 0.1) is 0 Å². The van der Waals surface area contributed by atoms with Crippen molar-refractivity contribution in [3.05, 3.63) is 59.7 Å². The number of rotatable bonds is 6. The number of likely N-dealkylation sites (N-methyl/N-ethyl adjacent to an activating group) is 1. The molecule has 30 heavy (non-hydrogen) atoms. The first-order chi connectivity index (χ1) is 14.0. The molecule has 0 saturated carbocycles. The second kappa shape index (κ2) is 8.28. The quantitative estimate of drug-likeness (QED) is 0.758. The molecule has 0 bridgehead atoms. The van der Waals surface area contributed by atoms with Crippen LogP contribution in [-0.4, -0.2) is 44.6 Å². The smallest absolute Gasteiger partial charge is 0.243 e. The minimum Gasteiger partial charge on any atom is -0.497 e. The van der Waals surface area contributed by atoms with E-state index in [1.54, 1.807) is 31.4 Å². The molecule has 2 aromatic rings. The number of nitrogens with zero attached hydrogens (tertiary/aromatic N) is 1. The van der Waals surface area contributed by atoms with E-state index in [1.807, 2.05) is 38.1 Å². The van der Waals surface area contributed by atoms with Gasteiger partial charge in [0.25, 0.3) is 0 Å². The van der Waals surface area contributed by atoms with Crippen molar-refractivity contribution in [1.29, 1.82) is 0 Å². The third-order valence-corrected chi connectivity index (χ3v) is 6.50. The van der Waals surface area contributed by atoms with E-state index in [-0.39, 0.29) is 6.04 Å². The zero-order valence-electron chi connectivity index (χ0n) is 17.9. The molecule has 0 aromatic heterocycles. The summed E-state index contributed by atoms with van der Waals surface area (Å²) in [5.41, 5.74) is 0.904. The van der Waals surface area contributed by atoms with E-state index >= 15 is 0 Å². The lowest BCUT2D eigenvalue weighted by Crippen LogP contribution is -2.46. The summed E-state index contributed by atoms with van der Waals surface area (Å²) in [5.74, 6) is 0.930. The lowest BCUT2D eigenvalue weighted by Gasteiger charge is -2.39. The Balaban J connectivity index is 1.98. The second-order valence-corrected chi connectivity index (χ2v) is 10.2. The minimum absolute atomic E-state index is 0.356. The van der Waals surface area contributed by atoms with E-state index < -0.39 is 27.6 Å². The fourth-order valence-electron chi connectivity index (χ4n) is 3.69. The van der Waals surface area contributed by atoms with Crippen molar-refractivity contribution in [2.24, 2.45) is 0 Å². The summed E-state index contributed by atoms with van der Waals surface area (Å²) in [5, 5.41) is 3.05. The number of carbonyl (C=O) groups is 1. The van der Waals surface area contributed by atoms with Gasteiger partial charge in [-0.2, -0.15) is 4.31 Å². The van der Waals surface area contributed by atoms with E-state index in [1.165, 1.54) is 7.05 Å². The molecule has 7 nitrogen and oxygen atoms in total. The maximum atomic E-state index is 13.4. The van der Waals surface area contributed by atoms with Crippen LogP contribution >= 0.6 is 0 Å². The van der Waals surface area contributed by atoms with Gasteiger partial charge in [-0.15, -0.1) is 0 Å². The maximum Gasteiger partial charge on any atom is 0.243 e. The van der Waals surface area contributed by atoms with Crippen molar-refractivity contribution >= 4 is 15.9 Å². The van der Waals surface area contributed by atoms with Crippen LogP contribution in [0.15, 0.2) is 48.5 Å². The molecule has 1 aliphatic rings. The van der Waals surface area contributed by atoms with Gasteiger partial charge in [-0.3, -0.25) is 4.79 Å². The number of hydrogen-bond acceptors (Lipinski definition) is 5. The van der Waals surface area contributed by atoms with Gasteiger partial charge in [-0.1, -0.05) is 30.3 Å². The zero-order chi connectivity index (χ0) is 22.1. The first-order valence-corrected chi connectivity index (χ1v) is 11.5. The first kappa shape index (κ1) is 22.1. The number of amides is 1. The van der Waals surface area contributed by atoms with Crippen molar-refractivity contribution in [2.45, 2.75) is 38.0 Å². The zero-order valence-corrected chi connectivity index (χ0v) is 18.7. The lowest BCUT2D eigenvalue weighted by molar-refractivity contribution is -0.126. The highest BCUT2D eigenvalue weighted by Gasteiger charge is 2.38. The number of ether oxygens (including phenoxy) is 2. The normalized spacial score (nSPS) is 18.8. The molecular weight excluding hydrogens is 404 g/mol. The van der Waals surface area contributed by atoms with Gasteiger partial charge >= 0.3 is 0 Å². The summed E-state index contributed by atoms with van der Waals surface area (Å²) >= 11 is 0. The minimum atomic E-state index is -3.60. The molecule has 162 valence electrons. The maximum absolute atomic E-state index is 13.4. The highest BCUT2D eigenvalue weighted by atomic mass is 32.2. The van der Waals surface area contributed by atoms with E-state index in [0.29, 0.717) is 23.5 Å². The molecule has 2 aromatic carbocycles. The van der Waals surface area contributed by atoms with Gasteiger partial charge in [0.2, 0.25) is 15.9 Å². The van der Waals surface area contributed by atoms with Crippen LogP contribution in [0.4, 0.5) is 0 Å². The second-order valence-electron chi connectivity index (χ2n) is 8.12. The lowest BCUT2D eigenvalue weighted by atomic mass is 9.89. The molecule has 1 amide bonds. The van der Waals surface area contributed by atoms with Gasteiger partial charge in [-0.05, 0) is 37.6 Å². The fraction of sp³-hybridized carbons (Fsp3) is 0.409. The average molecular weight is 433 g/mol. The van der Waals surface area contributed by atoms with Crippen molar-refractivity contribution in [1.82, 2.24) is 9.62 Å². The standard InChI is InChI=1S/C22H28N2O5S/c1-22(2)14-18(17-13-16(28-4)11-12-19(17)29-22)23-21(25)20(24(3)30(5,26)27)15-9-7-6-8-10-15/h6-13,18,20H,14H2,1-5H3,(H,23,25)/t18-,20-/m0/s1. The van der Waals surface area contributed by atoms with Crippen LogP contribution in [0.25, 0.3) is 0 Å². The predicted octanol–water partition coefficient (Wildman–Crippen LogP) is 3.05. The predicted molar refractivity (Wildman–Crippen MR) is 115 cm³/mol. The number of fused-ring (bicyclic) bond motifs is 1. The Morgan fingerprint density at radius 2 is 1.90 bits per heavy atom. The molecule has 0 spiro atoms. The van der Waals surface area contributed by atoms with Crippen LogP contribution in [0.1, 0.15) is 43.5 Å². The first-order valence-electron chi connectivity index (χ1n) is 9.67. The van der Waals surface area contributed by atoms with Crippen molar-refractivity contribution < 1.29 is 22.7 Å². The molecular formula is C22H28N2O5S. The Labute approximate surface area is 178 Å². The van der Waals surface area contributed by atoms with E-state index in [0.717, 1.165) is 16.1 Å². The summed E-state index contributed by atoms with van der Waals surface area (Å²) in [4.78, 5) is 13.4. The molecule has 1 aliphatic heterocycles. The molecule has 1 N–H and O–H groups in total. The number of carbonyl (C=O) groups excluding carboxylic acids is 1. The van der Waals surface area contributed by atoms with Crippen LogP contribution in [-0.2, 0) is 14.8 Å². The Morgan fingerprint density at radius 3 is 2.50 bits per heavy atom. The molecule has 8 heteroatoms. The van der Waals surface area contributed by atoms with E-state index in [9.17, 15) is 13.2 Å². The third kappa shape index (κ3) is 4.76. The number of methoxy groups -OCH3 is 1. The molecule has 0 fully saturated rings. The van der Waals surface area contributed by atoms with Crippen LogP contribution in [0.3, 0.4) is 0 Å². The molecule has 0 aliphatic carbocycles. The van der Waals surface area contributed by atoms with Crippen molar-refractivity contribution in [3.63, 3.8) is 0 Å². The highest BCUT2D eigenvalue weighted by Crippen LogP contribution is 2.41. The largest absolute Gasteiger partial charge is 0.497 e. The number of sulfonamides is 1. The van der Waals surface area contributed by atoms with Crippen LogP contribution in [0.5, 0.6) is 11.5 Å². The van der Waals surface area contributed by atoms with E-state index in [2.05, 4.69) is 5.32 Å². The Morgan fingerprint density at radius 1 is 1.23 bits per heavy atom. The molecule has 3 rings (SSSR count). The van der Waals surface area contributed by atoms with Crippen molar-refractivity contribution in [2.75, 3.05) is 20.4 Å². The van der Waals surface area contributed by atoms with Gasteiger partial charge in [0.1, 0.15) is 23.1 Å². The van der Waals surface area contributed by atoms with Gasteiger partial charge in [0.05, 0.1) is 19.4 Å². The molecule has 1 heterocycles. The monoisotopic (exact) mass is 432 g/mol. The van der Waals surface area contributed by atoms with Gasteiger partial charge in [0, 0.05) is 19.0 Å².